The standard InChI is InChI=1S/C11H12F2O2/c1-3-10(14)8-5-7(12)6-9(13)11(8)15-4-2/h5-6H,3-4H2,1-2H3. The Balaban J connectivity index is 3.26. The summed E-state index contributed by atoms with van der Waals surface area (Å²) in [6, 6.07) is 1.71. The summed E-state index contributed by atoms with van der Waals surface area (Å²) in [5.41, 5.74) is -0.0307. The highest BCUT2D eigenvalue weighted by Gasteiger charge is 2.17. The maximum atomic E-state index is 13.3. The summed E-state index contributed by atoms with van der Waals surface area (Å²) in [7, 11) is 0. The molecule has 0 bridgehead atoms. The molecule has 0 atom stereocenters. The third-order valence-corrected chi connectivity index (χ3v) is 1.92. The Bertz CT molecular complexity index is 375. The maximum Gasteiger partial charge on any atom is 0.168 e. The molecule has 1 aromatic rings. The summed E-state index contributed by atoms with van der Waals surface area (Å²) >= 11 is 0. The Hall–Kier alpha value is -1.45. The second-order valence-electron chi connectivity index (χ2n) is 2.97. The van der Waals surface area contributed by atoms with Gasteiger partial charge in [-0.2, -0.15) is 0 Å². The highest BCUT2D eigenvalue weighted by molar-refractivity contribution is 5.98. The van der Waals surface area contributed by atoms with Gasteiger partial charge in [-0.1, -0.05) is 6.92 Å². The lowest BCUT2D eigenvalue weighted by Crippen LogP contribution is -2.05. The van der Waals surface area contributed by atoms with Crippen molar-refractivity contribution in [3.05, 3.63) is 29.3 Å². The van der Waals surface area contributed by atoms with Gasteiger partial charge in [0.15, 0.2) is 17.3 Å². The van der Waals surface area contributed by atoms with Crippen molar-refractivity contribution in [3.8, 4) is 5.75 Å². The normalized spacial score (nSPS) is 10.1. The summed E-state index contributed by atoms with van der Waals surface area (Å²) in [5, 5.41) is 0. The third kappa shape index (κ3) is 2.52. The average Bonchev–Trinajstić information content (AvgIpc) is 2.20. The molecule has 0 saturated carbocycles. The SMILES string of the molecule is CCOc1c(F)cc(F)cc1C(=O)CC. The van der Waals surface area contributed by atoms with Crippen molar-refractivity contribution in [3.63, 3.8) is 0 Å². The first-order valence-corrected chi connectivity index (χ1v) is 4.75. The molecular formula is C11H12F2O2. The van der Waals surface area contributed by atoms with Crippen LogP contribution in [-0.2, 0) is 0 Å². The van der Waals surface area contributed by atoms with Crippen LogP contribution in [0.3, 0.4) is 0 Å². The molecule has 0 aliphatic rings. The van der Waals surface area contributed by atoms with Crippen molar-refractivity contribution in [2.24, 2.45) is 0 Å². The second-order valence-corrected chi connectivity index (χ2v) is 2.97. The predicted octanol–water partition coefficient (Wildman–Crippen LogP) is 2.96. The van der Waals surface area contributed by atoms with E-state index in [1.807, 2.05) is 0 Å². The van der Waals surface area contributed by atoms with Crippen molar-refractivity contribution in [2.75, 3.05) is 6.61 Å². The number of hydrogen-bond acceptors (Lipinski definition) is 2. The minimum atomic E-state index is -0.839. The van der Waals surface area contributed by atoms with Crippen LogP contribution in [0.4, 0.5) is 8.78 Å². The quantitative estimate of drug-likeness (QED) is 0.720. The summed E-state index contributed by atoms with van der Waals surface area (Å²) in [4.78, 5) is 11.4. The number of ether oxygens (including phenoxy) is 1. The molecule has 82 valence electrons. The molecule has 0 saturated heterocycles. The lowest BCUT2D eigenvalue weighted by molar-refractivity contribution is 0.0983. The molecule has 0 unspecified atom stereocenters. The molecule has 0 amide bonds. The van der Waals surface area contributed by atoms with Crippen LogP contribution >= 0.6 is 0 Å². The van der Waals surface area contributed by atoms with Gasteiger partial charge in [0.05, 0.1) is 12.2 Å². The van der Waals surface area contributed by atoms with Gasteiger partial charge in [-0.05, 0) is 13.0 Å². The van der Waals surface area contributed by atoms with E-state index in [0.717, 1.165) is 6.07 Å². The number of rotatable bonds is 4. The fraction of sp³-hybridized carbons (Fsp3) is 0.364. The molecule has 0 N–H and O–H groups in total. The number of halogens is 2. The first-order chi connectivity index (χ1) is 7.10. The number of Topliss-reactive ketones (excluding diaryl/α,β-unsaturated/α-hetero) is 1. The molecule has 0 spiro atoms. The number of carbonyl (C=O) groups excluding carboxylic acids is 1. The molecule has 0 aliphatic heterocycles. The fourth-order valence-corrected chi connectivity index (χ4v) is 1.25. The van der Waals surface area contributed by atoms with E-state index in [4.69, 9.17) is 4.74 Å². The van der Waals surface area contributed by atoms with Crippen molar-refractivity contribution in [1.82, 2.24) is 0 Å². The van der Waals surface area contributed by atoms with Gasteiger partial charge in [-0.25, -0.2) is 8.78 Å². The van der Waals surface area contributed by atoms with Crippen LogP contribution in [0.5, 0.6) is 5.75 Å². The van der Waals surface area contributed by atoms with Crippen LogP contribution < -0.4 is 4.74 Å². The molecule has 0 aliphatic carbocycles. The number of carbonyl (C=O) groups is 1. The largest absolute Gasteiger partial charge is 0.490 e. The molecular weight excluding hydrogens is 202 g/mol. The molecule has 2 nitrogen and oxygen atoms in total. The summed E-state index contributed by atoms with van der Waals surface area (Å²) in [6.45, 7) is 3.52. The Kier molecular flexibility index (Phi) is 3.77. The number of benzene rings is 1. The number of ketones is 1. The topological polar surface area (TPSA) is 26.3 Å². The van der Waals surface area contributed by atoms with Crippen molar-refractivity contribution in [1.29, 1.82) is 0 Å². The lowest BCUT2D eigenvalue weighted by Gasteiger charge is -2.09. The number of hydrogen-bond donors (Lipinski definition) is 0. The first-order valence-electron chi connectivity index (χ1n) is 4.75. The van der Waals surface area contributed by atoms with E-state index in [9.17, 15) is 13.6 Å². The molecule has 0 radical (unpaired) electrons. The van der Waals surface area contributed by atoms with E-state index in [-0.39, 0.29) is 30.1 Å². The second kappa shape index (κ2) is 4.87. The van der Waals surface area contributed by atoms with E-state index in [1.165, 1.54) is 0 Å². The van der Waals surface area contributed by atoms with E-state index >= 15 is 0 Å². The lowest BCUT2D eigenvalue weighted by atomic mass is 10.1. The van der Waals surface area contributed by atoms with Crippen LogP contribution in [-0.4, -0.2) is 12.4 Å². The highest BCUT2D eigenvalue weighted by Crippen LogP contribution is 2.25. The van der Waals surface area contributed by atoms with Crippen LogP contribution in [0.15, 0.2) is 12.1 Å². The molecule has 4 heteroatoms. The van der Waals surface area contributed by atoms with Crippen molar-refractivity contribution >= 4 is 5.78 Å². The highest BCUT2D eigenvalue weighted by atomic mass is 19.1. The van der Waals surface area contributed by atoms with Gasteiger partial charge < -0.3 is 4.74 Å². The van der Waals surface area contributed by atoms with Crippen molar-refractivity contribution < 1.29 is 18.3 Å². The molecule has 1 rings (SSSR count). The van der Waals surface area contributed by atoms with Gasteiger partial charge >= 0.3 is 0 Å². The molecule has 15 heavy (non-hydrogen) atoms. The Morgan fingerprint density at radius 3 is 2.53 bits per heavy atom. The van der Waals surface area contributed by atoms with Gasteiger partial charge in [0.1, 0.15) is 5.82 Å². The first kappa shape index (κ1) is 11.6. The zero-order valence-electron chi connectivity index (χ0n) is 8.64. The van der Waals surface area contributed by atoms with E-state index in [1.54, 1.807) is 13.8 Å². The zero-order valence-corrected chi connectivity index (χ0v) is 8.64. The Morgan fingerprint density at radius 2 is 2.00 bits per heavy atom. The van der Waals surface area contributed by atoms with Gasteiger partial charge in [0.2, 0.25) is 0 Å². The zero-order chi connectivity index (χ0) is 11.4. The van der Waals surface area contributed by atoms with Crippen LogP contribution in [0.25, 0.3) is 0 Å². The Labute approximate surface area is 86.9 Å². The van der Waals surface area contributed by atoms with E-state index < -0.39 is 11.6 Å². The minimum Gasteiger partial charge on any atom is -0.490 e. The van der Waals surface area contributed by atoms with Crippen molar-refractivity contribution in [2.45, 2.75) is 20.3 Å². The van der Waals surface area contributed by atoms with Gasteiger partial charge in [0, 0.05) is 12.5 Å². The van der Waals surface area contributed by atoms with Crippen LogP contribution in [0, 0.1) is 11.6 Å². The minimum absolute atomic E-state index is 0.0307. The van der Waals surface area contributed by atoms with Gasteiger partial charge in [-0.3, -0.25) is 4.79 Å². The van der Waals surface area contributed by atoms with E-state index in [0.29, 0.717) is 6.07 Å². The average molecular weight is 214 g/mol. The smallest absolute Gasteiger partial charge is 0.168 e. The Morgan fingerprint density at radius 1 is 1.33 bits per heavy atom. The van der Waals surface area contributed by atoms with E-state index in [2.05, 4.69) is 0 Å². The third-order valence-electron chi connectivity index (χ3n) is 1.92. The fourth-order valence-electron chi connectivity index (χ4n) is 1.25. The monoisotopic (exact) mass is 214 g/mol. The summed E-state index contributed by atoms with van der Waals surface area (Å²) < 4.78 is 31.2. The molecule has 0 heterocycles. The summed E-state index contributed by atoms with van der Waals surface area (Å²) in [6.07, 6.45) is 0.183. The summed E-state index contributed by atoms with van der Waals surface area (Å²) in [5.74, 6) is -2.11. The van der Waals surface area contributed by atoms with Gasteiger partial charge in [-0.15, -0.1) is 0 Å². The molecule has 1 aromatic carbocycles. The molecule has 0 fully saturated rings. The maximum absolute atomic E-state index is 13.3. The molecule has 0 aromatic heterocycles. The van der Waals surface area contributed by atoms with Crippen LogP contribution in [0.1, 0.15) is 30.6 Å². The predicted molar refractivity (Wildman–Crippen MR) is 52.1 cm³/mol. The van der Waals surface area contributed by atoms with Gasteiger partial charge in [0.25, 0.3) is 0 Å². The van der Waals surface area contributed by atoms with Crippen LogP contribution in [0.2, 0.25) is 0 Å².